The van der Waals surface area contributed by atoms with E-state index in [-0.39, 0.29) is 5.03 Å². The van der Waals surface area contributed by atoms with Gasteiger partial charge in [0.05, 0.1) is 6.33 Å². The van der Waals surface area contributed by atoms with Crippen LogP contribution in [0.25, 0.3) is 0 Å². The lowest BCUT2D eigenvalue weighted by atomic mass is 10.0. The number of imidazole rings is 1. The summed E-state index contributed by atoms with van der Waals surface area (Å²) in [5, 5.41) is 0.157. The minimum absolute atomic E-state index is 0.157. The zero-order valence-electron chi connectivity index (χ0n) is 9.63. The number of sulfonamides is 1. The number of nitrogens with zero attached hydrogens (tertiary/aromatic N) is 3. The average molecular weight is 243 g/mol. The molecule has 0 unspecified atom stereocenters. The third-order valence-electron chi connectivity index (χ3n) is 3.03. The molecule has 0 radical (unpaired) electrons. The molecule has 5 nitrogen and oxygen atoms in total. The molecule has 0 aliphatic carbocycles. The highest BCUT2D eigenvalue weighted by molar-refractivity contribution is 7.89. The van der Waals surface area contributed by atoms with Gasteiger partial charge in [0.15, 0.2) is 5.03 Å². The summed E-state index contributed by atoms with van der Waals surface area (Å²) in [5.74, 6) is 0.621. The third-order valence-corrected chi connectivity index (χ3v) is 4.81. The lowest BCUT2D eigenvalue weighted by molar-refractivity contribution is 0.287. The molecule has 0 N–H and O–H groups in total. The molecule has 0 saturated carbocycles. The van der Waals surface area contributed by atoms with E-state index < -0.39 is 10.0 Å². The van der Waals surface area contributed by atoms with Gasteiger partial charge in [0.25, 0.3) is 10.0 Å². The van der Waals surface area contributed by atoms with Crippen LogP contribution in [0.3, 0.4) is 0 Å². The van der Waals surface area contributed by atoms with Crippen molar-refractivity contribution in [3.8, 4) is 0 Å². The van der Waals surface area contributed by atoms with Crippen LogP contribution in [0.1, 0.15) is 19.8 Å². The van der Waals surface area contributed by atoms with Gasteiger partial charge in [0.1, 0.15) is 0 Å². The Hall–Kier alpha value is -0.880. The van der Waals surface area contributed by atoms with E-state index >= 15 is 0 Å². The smallest absolute Gasteiger partial charge is 0.262 e. The zero-order valence-corrected chi connectivity index (χ0v) is 10.4. The molecule has 1 aromatic rings. The molecule has 0 amide bonds. The number of aryl methyl sites for hydroxylation is 1. The summed E-state index contributed by atoms with van der Waals surface area (Å²) in [6, 6.07) is 0. The molecule has 0 atom stereocenters. The van der Waals surface area contributed by atoms with Gasteiger partial charge in [0, 0.05) is 26.3 Å². The van der Waals surface area contributed by atoms with Crippen LogP contribution >= 0.6 is 0 Å². The van der Waals surface area contributed by atoms with Crippen molar-refractivity contribution in [2.75, 3.05) is 13.1 Å². The van der Waals surface area contributed by atoms with Crippen molar-refractivity contribution in [3.63, 3.8) is 0 Å². The monoisotopic (exact) mass is 243 g/mol. The first-order valence-corrected chi connectivity index (χ1v) is 6.92. The Balaban J connectivity index is 2.20. The Kier molecular flexibility index (Phi) is 3.03. The summed E-state index contributed by atoms with van der Waals surface area (Å²) < 4.78 is 27.5. The second-order valence-electron chi connectivity index (χ2n) is 4.46. The molecule has 1 aromatic heterocycles. The maximum atomic E-state index is 12.2. The molecular formula is C10H17N3O2S. The summed E-state index contributed by atoms with van der Waals surface area (Å²) in [6.45, 7) is 3.38. The van der Waals surface area contributed by atoms with Crippen LogP contribution in [0.2, 0.25) is 0 Å². The first kappa shape index (κ1) is 11.6. The quantitative estimate of drug-likeness (QED) is 0.773. The highest BCUT2D eigenvalue weighted by Gasteiger charge is 2.29. The number of aromatic nitrogens is 2. The minimum Gasteiger partial charge on any atom is -0.339 e. The van der Waals surface area contributed by atoms with Gasteiger partial charge in [-0.05, 0) is 18.8 Å². The van der Waals surface area contributed by atoms with E-state index in [0.29, 0.717) is 19.0 Å². The van der Waals surface area contributed by atoms with E-state index in [1.165, 1.54) is 10.6 Å². The number of hydrogen-bond acceptors (Lipinski definition) is 3. The van der Waals surface area contributed by atoms with Crippen LogP contribution in [-0.2, 0) is 17.1 Å². The van der Waals surface area contributed by atoms with Crippen LogP contribution in [0.5, 0.6) is 0 Å². The molecule has 1 aliphatic rings. The zero-order chi connectivity index (χ0) is 11.8. The molecular weight excluding hydrogens is 226 g/mol. The predicted molar refractivity (Wildman–Crippen MR) is 60.4 cm³/mol. The van der Waals surface area contributed by atoms with Crippen molar-refractivity contribution in [3.05, 3.63) is 12.5 Å². The summed E-state index contributed by atoms with van der Waals surface area (Å²) in [7, 11) is -1.60. The molecule has 1 saturated heterocycles. The second-order valence-corrected chi connectivity index (χ2v) is 6.35. The van der Waals surface area contributed by atoms with Crippen LogP contribution in [0, 0.1) is 5.92 Å². The first-order valence-electron chi connectivity index (χ1n) is 5.48. The van der Waals surface area contributed by atoms with Crippen LogP contribution < -0.4 is 0 Å². The van der Waals surface area contributed by atoms with Gasteiger partial charge in [-0.1, -0.05) is 6.92 Å². The SMILES string of the molecule is CC1CCN(S(=O)(=O)c2cn(C)cn2)CC1. The Morgan fingerprint density at radius 3 is 2.50 bits per heavy atom. The Morgan fingerprint density at radius 1 is 1.38 bits per heavy atom. The van der Waals surface area contributed by atoms with Crippen molar-refractivity contribution >= 4 is 10.0 Å². The van der Waals surface area contributed by atoms with Crippen LogP contribution in [0.15, 0.2) is 17.6 Å². The highest BCUT2D eigenvalue weighted by atomic mass is 32.2. The van der Waals surface area contributed by atoms with Crippen LogP contribution in [0.4, 0.5) is 0 Å². The maximum Gasteiger partial charge on any atom is 0.262 e. The van der Waals surface area contributed by atoms with Gasteiger partial charge < -0.3 is 4.57 Å². The van der Waals surface area contributed by atoms with E-state index in [4.69, 9.17) is 0 Å². The Bertz CT molecular complexity index is 458. The van der Waals surface area contributed by atoms with Gasteiger partial charge in [-0.15, -0.1) is 0 Å². The van der Waals surface area contributed by atoms with Gasteiger partial charge in [0.2, 0.25) is 0 Å². The summed E-state index contributed by atoms with van der Waals surface area (Å²) >= 11 is 0. The standard InChI is InChI=1S/C10H17N3O2S/c1-9-3-5-13(6-4-9)16(14,15)10-7-12(2)8-11-10/h7-9H,3-6H2,1-2H3. The molecule has 0 spiro atoms. The fourth-order valence-corrected chi connectivity index (χ4v) is 3.32. The predicted octanol–water partition coefficient (Wildman–Crippen LogP) is 0.841. The van der Waals surface area contributed by atoms with Crippen molar-refractivity contribution in [1.82, 2.24) is 13.9 Å². The van der Waals surface area contributed by atoms with Crippen molar-refractivity contribution < 1.29 is 8.42 Å². The fraction of sp³-hybridized carbons (Fsp3) is 0.700. The van der Waals surface area contributed by atoms with Gasteiger partial charge in [-0.3, -0.25) is 0 Å². The summed E-state index contributed by atoms with van der Waals surface area (Å²) in [5.41, 5.74) is 0. The van der Waals surface area contributed by atoms with E-state index in [1.54, 1.807) is 17.8 Å². The molecule has 16 heavy (non-hydrogen) atoms. The number of rotatable bonds is 2. The highest BCUT2D eigenvalue weighted by Crippen LogP contribution is 2.22. The summed E-state index contributed by atoms with van der Waals surface area (Å²) in [4.78, 5) is 3.92. The average Bonchev–Trinajstić information content (AvgIpc) is 2.66. The van der Waals surface area contributed by atoms with Crippen molar-refractivity contribution in [2.24, 2.45) is 13.0 Å². The maximum absolute atomic E-state index is 12.2. The molecule has 90 valence electrons. The van der Waals surface area contributed by atoms with E-state index in [2.05, 4.69) is 11.9 Å². The van der Waals surface area contributed by atoms with Gasteiger partial charge >= 0.3 is 0 Å². The molecule has 2 heterocycles. The lowest BCUT2D eigenvalue weighted by Gasteiger charge is -2.28. The third kappa shape index (κ3) is 2.12. The molecule has 0 aromatic carbocycles. The van der Waals surface area contributed by atoms with Crippen LogP contribution in [-0.4, -0.2) is 35.4 Å². The van der Waals surface area contributed by atoms with E-state index in [9.17, 15) is 8.42 Å². The van der Waals surface area contributed by atoms with Crippen molar-refractivity contribution in [1.29, 1.82) is 0 Å². The molecule has 0 bridgehead atoms. The Labute approximate surface area is 96.1 Å². The molecule has 6 heteroatoms. The molecule has 1 aliphatic heterocycles. The van der Waals surface area contributed by atoms with Gasteiger partial charge in [-0.2, -0.15) is 4.31 Å². The molecule has 2 rings (SSSR count). The summed E-state index contributed by atoms with van der Waals surface area (Å²) in [6.07, 6.45) is 4.94. The lowest BCUT2D eigenvalue weighted by Crippen LogP contribution is -2.38. The normalized spacial score (nSPS) is 20.1. The van der Waals surface area contributed by atoms with E-state index in [1.807, 2.05) is 0 Å². The first-order chi connectivity index (χ1) is 7.50. The van der Waals surface area contributed by atoms with Gasteiger partial charge in [-0.25, -0.2) is 13.4 Å². The van der Waals surface area contributed by atoms with Crippen molar-refractivity contribution in [2.45, 2.75) is 24.8 Å². The second kappa shape index (κ2) is 4.18. The van der Waals surface area contributed by atoms with E-state index in [0.717, 1.165) is 12.8 Å². The number of hydrogen-bond donors (Lipinski definition) is 0. The topological polar surface area (TPSA) is 55.2 Å². The molecule has 1 fully saturated rings. The fourth-order valence-electron chi connectivity index (χ4n) is 1.88. The number of piperidine rings is 1. The Morgan fingerprint density at radius 2 is 2.00 bits per heavy atom. The largest absolute Gasteiger partial charge is 0.339 e. The minimum atomic E-state index is -3.36.